The fourth-order valence-electron chi connectivity index (χ4n) is 4.88. The molecule has 13 heteroatoms. The van der Waals surface area contributed by atoms with Gasteiger partial charge in [0.15, 0.2) is 0 Å². The molecule has 4 rings (SSSR count). The normalized spacial score (nSPS) is 14.2. The molecule has 1 fully saturated rings. The Balaban J connectivity index is 0.000000693. The van der Waals surface area contributed by atoms with Gasteiger partial charge in [-0.05, 0) is 66.9 Å². The second-order valence-corrected chi connectivity index (χ2v) is 10.3. The Kier molecular flexibility index (Phi) is 13.9. The second kappa shape index (κ2) is 17.3. The number of hydrogen-bond acceptors (Lipinski definition) is 6. The predicted octanol–water partition coefficient (Wildman–Crippen LogP) is 2.60. The predicted molar refractivity (Wildman–Crippen MR) is 170 cm³/mol. The van der Waals surface area contributed by atoms with E-state index in [0.717, 1.165) is 48.4 Å². The number of aromatic amines is 1. The minimum atomic E-state index is -1.26. The number of aliphatic carboxylic acids is 2. The first-order valence-electron chi connectivity index (χ1n) is 14.4. The number of nitrogens with zero attached hydrogens (tertiary/aromatic N) is 2. The summed E-state index contributed by atoms with van der Waals surface area (Å²) in [5, 5.41) is 22.4. The van der Waals surface area contributed by atoms with Crippen LogP contribution in [-0.2, 0) is 38.4 Å². The number of carbonyl (C=O) groups excluding carboxylic acids is 3. The second-order valence-electron chi connectivity index (χ2n) is 10.3. The maximum atomic E-state index is 13.0. The summed E-state index contributed by atoms with van der Waals surface area (Å²) in [5.74, 6) is -2.83. The number of H-pyrrole nitrogens is 1. The molecule has 13 nitrogen and oxygen atoms in total. The van der Waals surface area contributed by atoms with Crippen molar-refractivity contribution >= 4 is 46.4 Å². The summed E-state index contributed by atoms with van der Waals surface area (Å²) in [6.07, 6.45) is 5.17. The number of likely N-dealkylation sites (N-methyl/N-ethyl adjacent to an activating group) is 1. The molecule has 2 aromatic carbocycles. The average molecular weight is 624 g/mol. The van der Waals surface area contributed by atoms with E-state index < -0.39 is 18.0 Å². The van der Waals surface area contributed by atoms with Gasteiger partial charge in [-0.15, -0.1) is 0 Å². The molecular weight excluding hydrogens is 582 g/mol. The minimum Gasteiger partial charge on any atom is -0.478 e. The Hall–Kier alpha value is -5.01. The van der Waals surface area contributed by atoms with Crippen LogP contribution in [0.3, 0.4) is 0 Å². The van der Waals surface area contributed by atoms with Gasteiger partial charge in [0.1, 0.15) is 6.04 Å². The highest BCUT2D eigenvalue weighted by molar-refractivity contribution is 6.04. The molecule has 1 unspecified atom stereocenters. The Morgan fingerprint density at radius 2 is 1.58 bits per heavy atom. The van der Waals surface area contributed by atoms with Gasteiger partial charge in [-0.25, -0.2) is 14.4 Å². The molecular formula is C32H41N5O8. The molecule has 0 aliphatic carbocycles. The first-order valence-corrected chi connectivity index (χ1v) is 14.4. The number of benzene rings is 2. The third-order valence-electron chi connectivity index (χ3n) is 7.24. The van der Waals surface area contributed by atoms with Gasteiger partial charge in [-0.2, -0.15) is 0 Å². The fraction of sp³-hybridized carbons (Fsp3) is 0.344. The van der Waals surface area contributed by atoms with Gasteiger partial charge in [-0.1, -0.05) is 32.0 Å². The van der Waals surface area contributed by atoms with E-state index in [0.29, 0.717) is 31.5 Å². The fourth-order valence-corrected chi connectivity index (χ4v) is 4.88. The molecule has 1 saturated heterocycles. The molecule has 1 atom stereocenters. The Morgan fingerprint density at radius 1 is 0.956 bits per heavy atom. The summed E-state index contributed by atoms with van der Waals surface area (Å²) in [5.41, 5.74) is 5.09. The Labute approximate surface area is 261 Å². The van der Waals surface area contributed by atoms with E-state index >= 15 is 0 Å². The zero-order valence-electron chi connectivity index (χ0n) is 25.6. The number of hydrogen-bond donors (Lipinski definition) is 5. The van der Waals surface area contributed by atoms with Crippen LogP contribution in [0.25, 0.3) is 10.9 Å². The van der Waals surface area contributed by atoms with Crippen molar-refractivity contribution in [3.63, 3.8) is 0 Å². The highest BCUT2D eigenvalue weighted by atomic mass is 16.4. The third kappa shape index (κ3) is 10.9. The number of carboxylic acids is 2. The zero-order chi connectivity index (χ0) is 32.2. The monoisotopic (exact) mass is 623 g/mol. The van der Waals surface area contributed by atoms with Crippen LogP contribution in [-0.4, -0.2) is 92.5 Å². The summed E-state index contributed by atoms with van der Waals surface area (Å²) < 4.78 is 0. The van der Waals surface area contributed by atoms with E-state index in [2.05, 4.69) is 52.7 Å². The van der Waals surface area contributed by atoms with E-state index in [-0.39, 0.29) is 23.3 Å². The molecule has 1 aliphatic heterocycles. The van der Waals surface area contributed by atoms with Crippen LogP contribution in [0.5, 0.6) is 0 Å². The first-order chi connectivity index (χ1) is 21.0. The number of aromatic nitrogens is 1. The van der Waals surface area contributed by atoms with Crippen LogP contribution >= 0.6 is 0 Å². The minimum absolute atomic E-state index is 0. The average Bonchev–Trinajstić information content (AvgIpc) is 3.51. The van der Waals surface area contributed by atoms with Crippen molar-refractivity contribution in [1.82, 2.24) is 20.1 Å². The molecule has 3 aromatic rings. The van der Waals surface area contributed by atoms with E-state index in [4.69, 9.17) is 10.2 Å². The summed E-state index contributed by atoms with van der Waals surface area (Å²) in [7, 11) is 0. The zero-order valence-corrected chi connectivity index (χ0v) is 25.6. The van der Waals surface area contributed by atoms with Crippen LogP contribution < -0.4 is 10.6 Å². The number of fused-ring (bicyclic) bond motifs is 1. The maximum absolute atomic E-state index is 13.0. The van der Waals surface area contributed by atoms with E-state index in [9.17, 15) is 24.0 Å². The number of carboxylic acid groups (broad SMARTS) is 2. The van der Waals surface area contributed by atoms with E-state index in [1.165, 1.54) is 22.8 Å². The van der Waals surface area contributed by atoms with Crippen LogP contribution in [0.1, 0.15) is 37.5 Å². The summed E-state index contributed by atoms with van der Waals surface area (Å²) in [4.78, 5) is 62.9. The molecule has 0 bridgehead atoms. The maximum Gasteiger partial charge on any atom is 0.328 e. The molecule has 1 aliphatic rings. The summed E-state index contributed by atoms with van der Waals surface area (Å²) in [6.45, 7) is 9.21. The molecule has 1 aromatic heterocycles. The smallest absolute Gasteiger partial charge is 0.328 e. The number of anilines is 1. The lowest BCUT2D eigenvalue weighted by molar-refractivity contribution is -0.134. The van der Waals surface area contributed by atoms with Crippen molar-refractivity contribution in [3.8, 4) is 0 Å². The number of nitrogens with one attached hydrogen (secondary N) is 3. The lowest BCUT2D eigenvalue weighted by Gasteiger charge is -2.17. The van der Waals surface area contributed by atoms with Crippen molar-refractivity contribution in [2.45, 2.75) is 46.1 Å². The quantitative estimate of drug-likeness (QED) is 0.141. The van der Waals surface area contributed by atoms with Gasteiger partial charge >= 0.3 is 18.0 Å². The lowest BCUT2D eigenvalue weighted by Crippen LogP contribution is -2.33. The Bertz CT molecular complexity index is 1500. The molecule has 45 heavy (non-hydrogen) atoms. The highest BCUT2D eigenvalue weighted by Gasteiger charge is 2.37. The van der Waals surface area contributed by atoms with Gasteiger partial charge in [0.25, 0.3) is 5.91 Å². The molecule has 0 radical (unpaired) electrons. The van der Waals surface area contributed by atoms with Crippen molar-refractivity contribution < 1.29 is 39.7 Å². The SMILES string of the molecule is CCN(CC)CCc1c[nH]c2ccc(CC3NC(=O)N(CCc4ccc(NC(C)=O)cc4)C3=O)cc12.O.O=C(O)/C=C\C(=O)O. The van der Waals surface area contributed by atoms with Gasteiger partial charge in [0.05, 0.1) is 0 Å². The molecule has 0 saturated carbocycles. The molecule has 4 amide bonds. The van der Waals surface area contributed by atoms with Crippen molar-refractivity contribution in [2.24, 2.45) is 0 Å². The molecule has 0 spiro atoms. The van der Waals surface area contributed by atoms with Gasteiger partial charge in [-0.3, -0.25) is 14.5 Å². The van der Waals surface area contributed by atoms with Crippen LogP contribution in [0.4, 0.5) is 10.5 Å². The standard InChI is InChI=1S/C28H35N5O3.C4H4O4.H2O/c1-4-32(5-2)14-13-22-18-29-25-11-8-21(16-24(22)25)17-26-27(35)33(28(36)31-26)15-12-20-6-9-23(10-7-20)30-19(3)34;5-3(6)1-2-4(7)8;/h6-11,16,18,26,29H,4-5,12-15,17H2,1-3H3,(H,30,34)(H,31,36);1-2H,(H,5,6)(H,7,8);1H2/b;2-1-;. The Morgan fingerprint density at radius 3 is 2.16 bits per heavy atom. The van der Waals surface area contributed by atoms with Crippen LogP contribution in [0.15, 0.2) is 60.8 Å². The summed E-state index contributed by atoms with van der Waals surface area (Å²) >= 11 is 0. The number of urea groups is 1. The molecule has 242 valence electrons. The largest absolute Gasteiger partial charge is 0.478 e. The van der Waals surface area contributed by atoms with Gasteiger partial charge < -0.3 is 36.2 Å². The third-order valence-corrected chi connectivity index (χ3v) is 7.24. The van der Waals surface area contributed by atoms with Crippen molar-refractivity contribution in [3.05, 3.63) is 77.5 Å². The molecule has 2 heterocycles. The van der Waals surface area contributed by atoms with Crippen LogP contribution in [0.2, 0.25) is 0 Å². The number of amides is 4. The summed E-state index contributed by atoms with van der Waals surface area (Å²) in [6, 6.07) is 12.7. The van der Waals surface area contributed by atoms with Gasteiger partial charge in [0.2, 0.25) is 5.91 Å². The van der Waals surface area contributed by atoms with E-state index in [1.54, 1.807) is 0 Å². The number of carbonyl (C=O) groups is 5. The van der Waals surface area contributed by atoms with Crippen molar-refractivity contribution in [2.75, 3.05) is 31.5 Å². The first kappa shape index (κ1) is 36.2. The van der Waals surface area contributed by atoms with E-state index in [1.807, 2.05) is 30.3 Å². The van der Waals surface area contributed by atoms with Crippen molar-refractivity contribution in [1.29, 1.82) is 0 Å². The lowest BCUT2D eigenvalue weighted by atomic mass is 10.0. The van der Waals surface area contributed by atoms with Gasteiger partial charge in [0, 0.05) is 61.4 Å². The number of imide groups is 1. The van der Waals surface area contributed by atoms with Crippen LogP contribution in [0, 0.1) is 0 Å². The molecule has 7 N–H and O–H groups in total. The number of rotatable bonds is 13. The highest BCUT2D eigenvalue weighted by Crippen LogP contribution is 2.23. The topological polar surface area (TPSA) is 204 Å².